The van der Waals surface area contributed by atoms with Crippen LogP contribution >= 0.6 is 0 Å². The van der Waals surface area contributed by atoms with Gasteiger partial charge in [0.2, 0.25) is 0 Å². The average molecular weight is 202 g/mol. The molecule has 0 aliphatic rings. The van der Waals surface area contributed by atoms with E-state index in [4.69, 9.17) is 4.74 Å². The summed E-state index contributed by atoms with van der Waals surface area (Å²) in [5.74, 6) is -0.0376. The number of methoxy groups -OCH3 is 1. The van der Waals surface area contributed by atoms with Crippen LogP contribution in [0.1, 0.15) is 20.3 Å². The highest BCUT2D eigenvalue weighted by atomic mass is 16.5. The highest BCUT2D eigenvalue weighted by Gasteiger charge is 2.30. The number of ether oxygens (including phenoxy) is 1. The quantitative estimate of drug-likeness (QED) is 0.681. The van der Waals surface area contributed by atoms with E-state index in [1.54, 1.807) is 14.0 Å². The number of nitrogens with one attached hydrogen (secondary N) is 1. The van der Waals surface area contributed by atoms with Crippen LogP contribution in [0.3, 0.4) is 0 Å². The third kappa shape index (κ3) is 4.07. The first kappa shape index (κ1) is 13.4. The summed E-state index contributed by atoms with van der Waals surface area (Å²) in [5, 5.41) is 2.85. The molecule has 0 aliphatic heterocycles. The Balaban J connectivity index is 3.94. The van der Waals surface area contributed by atoms with Crippen molar-refractivity contribution in [2.75, 3.05) is 34.3 Å². The third-order valence-corrected chi connectivity index (χ3v) is 2.45. The lowest BCUT2D eigenvalue weighted by atomic mass is 10.0. The molecule has 0 saturated carbocycles. The van der Waals surface area contributed by atoms with Crippen molar-refractivity contribution >= 4 is 5.91 Å². The summed E-state index contributed by atoms with van der Waals surface area (Å²) in [5.41, 5.74) is -0.688. The van der Waals surface area contributed by atoms with Crippen LogP contribution in [0.5, 0.6) is 0 Å². The molecule has 0 aromatic heterocycles. The van der Waals surface area contributed by atoms with Gasteiger partial charge in [-0.1, -0.05) is 6.92 Å². The number of hydrogen-bond donors (Lipinski definition) is 1. The van der Waals surface area contributed by atoms with Gasteiger partial charge in [-0.05, 0) is 27.4 Å². The van der Waals surface area contributed by atoms with Crippen molar-refractivity contribution in [3.63, 3.8) is 0 Å². The first-order valence-corrected chi connectivity index (χ1v) is 4.94. The molecular formula is C10H22N2O2. The molecule has 0 spiro atoms. The number of rotatable bonds is 6. The lowest BCUT2D eigenvalue weighted by Gasteiger charge is -2.25. The Hall–Kier alpha value is -0.610. The maximum Gasteiger partial charge on any atom is 0.251 e. The molecule has 1 atom stereocenters. The Morgan fingerprint density at radius 2 is 2.07 bits per heavy atom. The second kappa shape index (κ2) is 5.98. The number of carbonyl (C=O) groups is 1. The molecule has 0 heterocycles. The number of amides is 1. The Morgan fingerprint density at radius 1 is 1.50 bits per heavy atom. The molecule has 0 rings (SSSR count). The van der Waals surface area contributed by atoms with Crippen LogP contribution in [0.15, 0.2) is 0 Å². The van der Waals surface area contributed by atoms with Crippen molar-refractivity contribution in [1.82, 2.24) is 10.2 Å². The second-order valence-electron chi connectivity index (χ2n) is 3.85. The molecule has 4 heteroatoms. The van der Waals surface area contributed by atoms with E-state index in [0.717, 1.165) is 6.54 Å². The number of hydrogen-bond acceptors (Lipinski definition) is 3. The summed E-state index contributed by atoms with van der Waals surface area (Å²) in [7, 11) is 5.51. The fraction of sp³-hybridized carbons (Fsp3) is 0.900. The van der Waals surface area contributed by atoms with E-state index in [2.05, 4.69) is 5.32 Å². The topological polar surface area (TPSA) is 41.6 Å². The van der Waals surface area contributed by atoms with Gasteiger partial charge in [-0.15, -0.1) is 0 Å². The lowest BCUT2D eigenvalue weighted by Crippen LogP contribution is -2.47. The molecule has 1 unspecified atom stereocenters. The smallest absolute Gasteiger partial charge is 0.251 e. The van der Waals surface area contributed by atoms with Crippen LogP contribution in [0.4, 0.5) is 0 Å². The molecule has 4 nitrogen and oxygen atoms in total. The van der Waals surface area contributed by atoms with Crippen LogP contribution in [0.2, 0.25) is 0 Å². The van der Waals surface area contributed by atoms with Crippen LogP contribution in [-0.2, 0) is 9.53 Å². The van der Waals surface area contributed by atoms with Gasteiger partial charge in [0.05, 0.1) is 0 Å². The fourth-order valence-electron chi connectivity index (χ4n) is 0.978. The molecule has 1 amide bonds. The SMILES string of the molecule is CCC(C)(OC)C(=O)NCCN(C)C. The van der Waals surface area contributed by atoms with Gasteiger partial charge in [-0.3, -0.25) is 4.79 Å². The predicted molar refractivity (Wildman–Crippen MR) is 57.3 cm³/mol. The number of nitrogens with zero attached hydrogens (tertiary/aromatic N) is 1. The first-order chi connectivity index (χ1) is 6.46. The molecule has 0 radical (unpaired) electrons. The van der Waals surface area contributed by atoms with Crippen LogP contribution < -0.4 is 5.32 Å². The van der Waals surface area contributed by atoms with E-state index in [-0.39, 0.29) is 5.91 Å². The molecule has 1 N–H and O–H groups in total. The van der Waals surface area contributed by atoms with E-state index in [0.29, 0.717) is 13.0 Å². The molecule has 14 heavy (non-hydrogen) atoms. The molecule has 0 aromatic rings. The van der Waals surface area contributed by atoms with Gasteiger partial charge in [-0.25, -0.2) is 0 Å². The summed E-state index contributed by atoms with van der Waals surface area (Å²) in [4.78, 5) is 13.7. The van der Waals surface area contributed by atoms with Gasteiger partial charge >= 0.3 is 0 Å². The van der Waals surface area contributed by atoms with Gasteiger partial charge in [0.15, 0.2) is 0 Å². The minimum absolute atomic E-state index is 0.0376. The normalized spacial score (nSPS) is 15.3. The number of likely N-dealkylation sites (N-methyl/N-ethyl adjacent to an activating group) is 1. The highest BCUT2D eigenvalue weighted by molar-refractivity contribution is 5.84. The van der Waals surface area contributed by atoms with Gasteiger partial charge in [0, 0.05) is 20.2 Å². The molecule has 0 bridgehead atoms. The van der Waals surface area contributed by atoms with Crippen molar-refractivity contribution in [2.24, 2.45) is 0 Å². The molecule has 0 aliphatic carbocycles. The molecule has 0 fully saturated rings. The molecule has 0 saturated heterocycles. The van der Waals surface area contributed by atoms with Crippen LogP contribution in [-0.4, -0.2) is 50.7 Å². The van der Waals surface area contributed by atoms with E-state index in [1.807, 2.05) is 25.9 Å². The van der Waals surface area contributed by atoms with Gasteiger partial charge in [0.25, 0.3) is 5.91 Å². The largest absolute Gasteiger partial charge is 0.369 e. The summed E-state index contributed by atoms with van der Waals surface area (Å²) in [6.45, 7) is 5.24. The maximum atomic E-state index is 11.7. The van der Waals surface area contributed by atoms with Crippen molar-refractivity contribution in [3.8, 4) is 0 Å². The highest BCUT2D eigenvalue weighted by Crippen LogP contribution is 2.13. The third-order valence-electron chi connectivity index (χ3n) is 2.45. The molecule has 84 valence electrons. The summed E-state index contributed by atoms with van der Waals surface area (Å²) in [6, 6.07) is 0. The van der Waals surface area contributed by atoms with E-state index >= 15 is 0 Å². The average Bonchev–Trinajstić information content (AvgIpc) is 2.15. The predicted octanol–water partition coefficient (Wildman–Crippen LogP) is 0.479. The Labute approximate surface area is 86.6 Å². The van der Waals surface area contributed by atoms with Crippen LogP contribution in [0, 0.1) is 0 Å². The van der Waals surface area contributed by atoms with Gasteiger partial charge in [-0.2, -0.15) is 0 Å². The first-order valence-electron chi connectivity index (χ1n) is 4.94. The van der Waals surface area contributed by atoms with E-state index in [9.17, 15) is 4.79 Å². The lowest BCUT2D eigenvalue weighted by molar-refractivity contribution is -0.141. The van der Waals surface area contributed by atoms with Crippen molar-refractivity contribution in [3.05, 3.63) is 0 Å². The number of carbonyl (C=O) groups excluding carboxylic acids is 1. The minimum Gasteiger partial charge on any atom is -0.369 e. The minimum atomic E-state index is -0.688. The van der Waals surface area contributed by atoms with Gasteiger partial charge < -0.3 is 15.0 Å². The summed E-state index contributed by atoms with van der Waals surface area (Å²) < 4.78 is 5.18. The van der Waals surface area contributed by atoms with E-state index < -0.39 is 5.60 Å². The monoisotopic (exact) mass is 202 g/mol. The standard InChI is InChI=1S/C10H22N2O2/c1-6-10(2,14-5)9(13)11-7-8-12(3)4/h6-8H2,1-5H3,(H,11,13). The van der Waals surface area contributed by atoms with Crippen molar-refractivity contribution < 1.29 is 9.53 Å². The molecule has 0 aromatic carbocycles. The Bertz CT molecular complexity index is 177. The molecular weight excluding hydrogens is 180 g/mol. The van der Waals surface area contributed by atoms with Crippen LogP contribution in [0.25, 0.3) is 0 Å². The zero-order chi connectivity index (χ0) is 11.2. The summed E-state index contributed by atoms with van der Waals surface area (Å²) in [6.07, 6.45) is 0.678. The maximum absolute atomic E-state index is 11.7. The zero-order valence-corrected chi connectivity index (χ0v) is 9.89. The van der Waals surface area contributed by atoms with E-state index in [1.165, 1.54) is 0 Å². The fourth-order valence-corrected chi connectivity index (χ4v) is 0.978. The Kier molecular flexibility index (Phi) is 5.72. The van der Waals surface area contributed by atoms with Crippen molar-refractivity contribution in [1.29, 1.82) is 0 Å². The van der Waals surface area contributed by atoms with Gasteiger partial charge in [0.1, 0.15) is 5.60 Å². The second-order valence-corrected chi connectivity index (χ2v) is 3.85. The van der Waals surface area contributed by atoms with Crippen molar-refractivity contribution in [2.45, 2.75) is 25.9 Å². The summed E-state index contributed by atoms with van der Waals surface area (Å²) >= 11 is 0. The Morgan fingerprint density at radius 3 is 2.43 bits per heavy atom. The zero-order valence-electron chi connectivity index (χ0n) is 9.89.